The van der Waals surface area contributed by atoms with Crippen LogP contribution in [0.5, 0.6) is 0 Å². The number of nitrogens with zero attached hydrogens (tertiary/aromatic N) is 3. The van der Waals surface area contributed by atoms with Gasteiger partial charge >= 0.3 is 0 Å². The van der Waals surface area contributed by atoms with Crippen molar-refractivity contribution >= 4 is 11.7 Å². The Balaban J connectivity index is 1.66. The number of hydrogen-bond donors (Lipinski definition) is 3. The van der Waals surface area contributed by atoms with Crippen molar-refractivity contribution in [2.75, 3.05) is 11.9 Å². The second-order valence-corrected chi connectivity index (χ2v) is 6.88. The van der Waals surface area contributed by atoms with Gasteiger partial charge in [0.25, 0.3) is 5.91 Å². The highest BCUT2D eigenvalue weighted by atomic mass is 16.1. The molecule has 1 unspecified atom stereocenters. The maximum Gasteiger partial charge on any atom is 0.270 e. The molecule has 3 heterocycles. The zero-order valence-electron chi connectivity index (χ0n) is 14.0. The van der Waals surface area contributed by atoms with Crippen molar-refractivity contribution in [2.45, 2.75) is 51.5 Å². The third-order valence-electron chi connectivity index (χ3n) is 4.77. The van der Waals surface area contributed by atoms with Crippen molar-refractivity contribution < 1.29 is 4.79 Å². The number of nitrogens with one attached hydrogen (secondary N) is 3. The summed E-state index contributed by atoms with van der Waals surface area (Å²) in [6, 6.07) is 0.305. The SMILES string of the molecule is CC(C)c1nc(NC2CCc3[nH]ncc3C2)c2c(n1)C(=O)NCC2. The highest BCUT2D eigenvalue weighted by Gasteiger charge is 2.27. The van der Waals surface area contributed by atoms with Gasteiger partial charge in [0.1, 0.15) is 17.3 Å². The predicted molar refractivity (Wildman–Crippen MR) is 90.2 cm³/mol. The molecular weight excluding hydrogens is 304 g/mol. The van der Waals surface area contributed by atoms with Crippen LogP contribution < -0.4 is 10.6 Å². The molecule has 0 radical (unpaired) electrons. The lowest BCUT2D eigenvalue weighted by Gasteiger charge is -2.27. The van der Waals surface area contributed by atoms with E-state index in [0.29, 0.717) is 24.1 Å². The van der Waals surface area contributed by atoms with Gasteiger partial charge in [-0.15, -0.1) is 0 Å². The number of aromatic nitrogens is 4. The molecule has 0 saturated heterocycles. The van der Waals surface area contributed by atoms with Gasteiger partial charge in [0.05, 0.1) is 6.20 Å². The lowest BCUT2D eigenvalue weighted by atomic mass is 9.93. The van der Waals surface area contributed by atoms with Crippen LogP contribution in [-0.4, -0.2) is 38.7 Å². The largest absolute Gasteiger partial charge is 0.367 e. The topological polar surface area (TPSA) is 95.6 Å². The van der Waals surface area contributed by atoms with Crippen molar-refractivity contribution in [3.63, 3.8) is 0 Å². The number of H-pyrrole nitrogens is 1. The fourth-order valence-corrected chi connectivity index (χ4v) is 3.42. The first-order chi connectivity index (χ1) is 11.6. The van der Waals surface area contributed by atoms with E-state index >= 15 is 0 Å². The number of hydrogen-bond acceptors (Lipinski definition) is 5. The number of amides is 1. The predicted octanol–water partition coefficient (Wildman–Crippen LogP) is 1.58. The third-order valence-corrected chi connectivity index (χ3v) is 4.77. The second-order valence-electron chi connectivity index (χ2n) is 6.88. The van der Waals surface area contributed by atoms with Crippen molar-refractivity contribution in [3.05, 3.63) is 34.5 Å². The summed E-state index contributed by atoms with van der Waals surface area (Å²) in [4.78, 5) is 21.4. The van der Waals surface area contributed by atoms with Crippen LogP contribution in [0.2, 0.25) is 0 Å². The Labute approximate surface area is 140 Å². The first-order valence-corrected chi connectivity index (χ1v) is 8.58. The number of aromatic amines is 1. The highest BCUT2D eigenvalue weighted by molar-refractivity contribution is 5.96. The van der Waals surface area contributed by atoms with Gasteiger partial charge < -0.3 is 10.6 Å². The van der Waals surface area contributed by atoms with Gasteiger partial charge in [-0.1, -0.05) is 13.8 Å². The highest BCUT2D eigenvalue weighted by Crippen LogP contribution is 2.27. The number of fused-ring (bicyclic) bond motifs is 2. The summed E-state index contributed by atoms with van der Waals surface area (Å²) in [6.45, 7) is 4.73. The van der Waals surface area contributed by atoms with E-state index in [9.17, 15) is 4.79 Å². The van der Waals surface area contributed by atoms with E-state index in [4.69, 9.17) is 4.98 Å². The molecule has 7 heteroatoms. The van der Waals surface area contributed by atoms with Crippen molar-refractivity contribution in [3.8, 4) is 0 Å². The first-order valence-electron chi connectivity index (χ1n) is 8.58. The van der Waals surface area contributed by atoms with E-state index < -0.39 is 0 Å². The van der Waals surface area contributed by atoms with E-state index in [-0.39, 0.29) is 11.8 Å². The van der Waals surface area contributed by atoms with Gasteiger partial charge in [-0.05, 0) is 31.2 Å². The molecule has 1 amide bonds. The number of rotatable bonds is 3. The Kier molecular flexibility index (Phi) is 3.70. The average molecular weight is 326 g/mol. The molecule has 2 aliphatic rings. The monoisotopic (exact) mass is 326 g/mol. The molecule has 0 bridgehead atoms. The van der Waals surface area contributed by atoms with Gasteiger partial charge in [-0.25, -0.2) is 9.97 Å². The molecule has 7 nitrogen and oxygen atoms in total. The van der Waals surface area contributed by atoms with Crippen LogP contribution >= 0.6 is 0 Å². The lowest BCUT2D eigenvalue weighted by Crippen LogP contribution is -2.35. The normalized spacial score (nSPS) is 19.6. The minimum Gasteiger partial charge on any atom is -0.367 e. The van der Waals surface area contributed by atoms with Gasteiger partial charge in [-0.2, -0.15) is 5.10 Å². The van der Waals surface area contributed by atoms with E-state index in [2.05, 4.69) is 25.8 Å². The van der Waals surface area contributed by atoms with Crippen molar-refractivity contribution in [2.24, 2.45) is 0 Å². The molecular formula is C17H22N6O. The minimum atomic E-state index is -0.0932. The lowest BCUT2D eigenvalue weighted by molar-refractivity contribution is 0.0940. The number of carbonyl (C=O) groups is 1. The summed E-state index contributed by atoms with van der Waals surface area (Å²) in [5.41, 5.74) is 3.98. The van der Waals surface area contributed by atoms with Crippen molar-refractivity contribution in [1.29, 1.82) is 0 Å². The van der Waals surface area contributed by atoms with Crippen LogP contribution in [-0.2, 0) is 19.3 Å². The van der Waals surface area contributed by atoms with Crippen LogP contribution in [0.4, 0.5) is 5.82 Å². The molecule has 1 aliphatic heterocycles. The molecule has 2 aromatic rings. The average Bonchev–Trinajstić information content (AvgIpc) is 3.03. The molecule has 2 aromatic heterocycles. The van der Waals surface area contributed by atoms with Crippen LogP contribution in [0.1, 0.15) is 59.3 Å². The minimum absolute atomic E-state index is 0.0932. The van der Waals surface area contributed by atoms with Crippen LogP contribution in [0, 0.1) is 0 Å². The van der Waals surface area contributed by atoms with E-state index in [1.807, 2.05) is 20.0 Å². The van der Waals surface area contributed by atoms with E-state index in [1.165, 1.54) is 11.3 Å². The number of carbonyl (C=O) groups excluding carboxylic acids is 1. The summed E-state index contributed by atoms with van der Waals surface area (Å²) >= 11 is 0. The summed E-state index contributed by atoms with van der Waals surface area (Å²) in [5, 5.41) is 13.7. The van der Waals surface area contributed by atoms with Crippen LogP contribution in [0.15, 0.2) is 6.20 Å². The maximum atomic E-state index is 12.2. The molecule has 1 aliphatic carbocycles. The Morgan fingerprint density at radius 1 is 1.29 bits per heavy atom. The molecule has 0 saturated carbocycles. The summed E-state index contributed by atoms with van der Waals surface area (Å²) in [5.74, 6) is 1.63. The Hall–Kier alpha value is -2.44. The standard InChI is InChI=1S/C17H22N6O/c1-9(2)15-21-14-12(5-6-18-17(14)24)16(22-15)20-11-3-4-13-10(7-11)8-19-23-13/h8-9,11H,3-7H2,1-2H3,(H,18,24)(H,19,23)(H,20,21,22). The van der Waals surface area contributed by atoms with Crippen LogP contribution in [0.3, 0.4) is 0 Å². The fourth-order valence-electron chi connectivity index (χ4n) is 3.42. The quantitative estimate of drug-likeness (QED) is 0.796. The Morgan fingerprint density at radius 3 is 3.00 bits per heavy atom. The smallest absolute Gasteiger partial charge is 0.270 e. The molecule has 0 aromatic carbocycles. The second kappa shape index (κ2) is 5.89. The van der Waals surface area contributed by atoms with Gasteiger partial charge in [0, 0.05) is 29.8 Å². The molecule has 0 fully saturated rings. The Bertz CT molecular complexity index is 781. The summed E-state index contributed by atoms with van der Waals surface area (Å²) in [7, 11) is 0. The first kappa shape index (κ1) is 15.1. The molecule has 0 spiro atoms. The summed E-state index contributed by atoms with van der Waals surface area (Å²) < 4.78 is 0. The molecule has 126 valence electrons. The zero-order chi connectivity index (χ0) is 16.7. The molecule has 1 atom stereocenters. The van der Waals surface area contributed by atoms with Gasteiger partial charge in [-0.3, -0.25) is 9.89 Å². The molecule has 4 rings (SSSR count). The molecule has 24 heavy (non-hydrogen) atoms. The maximum absolute atomic E-state index is 12.2. The zero-order valence-corrected chi connectivity index (χ0v) is 14.0. The van der Waals surface area contributed by atoms with E-state index in [0.717, 1.165) is 37.1 Å². The van der Waals surface area contributed by atoms with Gasteiger partial charge in [0.15, 0.2) is 0 Å². The summed E-state index contributed by atoms with van der Waals surface area (Å²) in [6.07, 6.45) is 5.61. The van der Waals surface area contributed by atoms with Crippen molar-refractivity contribution in [1.82, 2.24) is 25.5 Å². The van der Waals surface area contributed by atoms with Gasteiger partial charge in [0.2, 0.25) is 0 Å². The van der Waals surface area contributed by atoms with E-state index in [1.54, 1.807) is 0 Å². The van der Waals surface area contributed by atoms with Crippen LogP contribution in [0.25, 0.3) is 0 Å². The fraction of sp³-hybridized carbons (Fsp3) is 0.529. The Morgan fingerprint density at radius 2 is 2.17 bits per heavy atom. The third kappa shape index (κ3) is 2.64. The number of anilines is 1. The molecule has 3 N–H and O–H groups in total. The number of aryl methyl sites for hydroxylation is 1.